The Balaban J connectivity index is 1.96. The van der Waals surface area contributed by atoms with E-state index in [0.29, 0.717) is 18.8 Å². The highest BCUT2D eigenvalue weighted by molar-refractivity contribution is 5.81. The first kappa shape index (κ1) is 15.3. The molecular weight excluding hydrogens is 302 g/mol. The number of nitro groups is 1. The van der Waals surface area contributed by atoms with E-state index in [1.807, 2.05) is 4.90 Å². The number of hydrogen-bond acceptors (Lipinski definition) is 6. The molecule has 1 saturated heterocycles. The van der Waals surface area contributed by atoms with E-state index >= 15 is 0 Å². The topological polar surface area (TPSA) is 121 Å². The Hall–Kier alpha value is -2.58. The van der Waals surface area contributed by atoms with Gasteiger partial charge in [-0.05, 0) is 25.7 Å². The molecule has 1 amide bonds. The van der Waals surface area contributed by atoms with E-state index in [1.54, 1.807) is 0 Å². The molecule has 1 fully saturated rings. The minimum absolute atomic E-state index is 0.0332. The van der Waals surface area contributed by atoms with Gasteiger partial charge in [-0.2, -0.15) is 0 Å². The summed E-state index contributed by atoms with van der Waals surface area (Å²) in [6.45, 7) is 1.84. The highest BCUT2D eigenvalue weighted by Gasteiger charge is 2.31. The van der Waals surface area contributed by atoms with Crippen molar-refractivity contribution in [2.45, 2.75) is 31.7 Å². The van der Waals surface area contributed by atoms with E-state index < -0.39 is 11.0 Å². The Morgan fingerprint density at radius 1 is 1.52 bits per heavy atom. The Morgan fingerprint density at radius 2 is 2.35 bits per heavy atom. The number of carboxylic acid groups (broad SMARTS) is 1. The molecule has 1 unspecified atom stereocenters. The van der Waals surface area contributed by atoms with E-state index in [2.05, 4.69) is 15.6 Å². The van der Waals surface area contributed by atoms with Crippen LogP contribution in [-0.2, 0) is 6.42 Å². The second-order valence-corrected chi connectivity index (χ2v) is 5.84. The normalized spacial score (nSPS) is 20.3. The van der Waals surface area contributed by atoms with Crippen LogP contribution in [-0.4, -0.2) is 46.8 Å². The van der Waals surface area contributed by atoms with Crippen LogP contribution in [0, 0.1) is 10.1 Å². The number of hydrogen-bond donors (Lipinski definition) is 3. The average Bonchev–Trinajstić information content (AvgIpc) is 2.53. The van der Waals surface area contributed by atoms with Gasteiger partial charge in [0.2, 0.25) is 0 Å². The van der Waals surface area contributed by atoms with Crippen molar-refractivity contribution in [1.82, 2.24) is 10.3 Å². The lowest BCUT2D eigenvalue weighted by molar-refractivity contribution is -0.384. The van der Waals surface area contributed by atoms with Crippen LogP contribution in [0.4, 0.5) is 21.9 Å². The molecule has 0 aliphatic carbocycles. The van der Waals surface area contributed by atoms with E-state index in [0.717, 1.165) is 43.6 Å². The molecule has 3 heterocycles. The molecule has 0 bridgehead atoms. The molecule has 1 aromatic rings. The zero-order valence-electron chi connectivity index (χ0n) is 12.6. The number of rotatable bonds is 3. The van der Waals surface area contributed by atoms with Crippen molar-refractivity contribution in [2.75, 3.05) is 29.9 Å². The molecule has 2 aliphatic heterocycles. The van der Waals surface area contributed by atoms with Crippen LogP contribution in [0.3, 0.4) is 0 Å². The Kier molecular flexibility index (Phi) is 4.18. The van der Waals surface area contributed by atoms with Crippen molar-refractivity contribution >= 4 is 23.2 Å². The van der Waals surface area contributed by atoms with Crippen molar-refractivity contribution < 1.29 is 14.8 Å². The van der Waals surface area contributed by atoms with Gasteiger partial charge in [0.05, 0.1) is 16.3 Å². The first-order chi connectivity index (χ1) is 11.1. The lowest BCUT2D eigenvalue weighted by Crippen LogP contribution is -2.47. The van der Waals surface area contributed by atoms with Crippen LogP contribution < -0.4 is 15.5 Å². The molecule has 0 radical (unpaired) electrons. The number of nitrogens with one attached hydrogen (secondary N) is 2. The SMILES string of the molecule is O=C(O)NC1CCCN(c2c([N+](=O)[O-])cnc3c2NCCC3)C1. The number of aryl methyl sites for hydroxylation is 1. The number of aromatic nitrogens is 1. The number of pyridine rings is 1. The number of nitrogens with zero attached hydrogens (tertiary/aromatic N) is 3. The van der Waals surface area contributed by atoms with Gasteiger partial charge in [0.25, 0.3) is 0 Å². The van der Waals surface area contributed by atoms with E-state index in [9.17, 15) is 14.9 Å². The minimum atomic E-state index is -1.07. The molecule has 0 aromatic carbocycles. The summed E-state index contributed by atoms with van der Waals surface area (Å²) in [5, 5.41) is 26.0. The monoisotopic (exact) mass is 321 g/mol. The van der Waals surface area contributed by atoms with Crippen molar-refractivity contribution in [1.29, 1.82) is 0 Å². The first-order valence-corrected chi connectivity index (χ1v) is 7.71. The van der Waals surface area contributed by atoms with Gasteiger partial charge in [0.15, 0.2) is 0 Å². The van der Waals surface area contributed by atoms with Gasteiger partial charge in [-0.3, -0.25) is 15.1 Å². The maximum atomic E-state index is 11.4. The number of fused-ring (bicyclic) bond motifs is 1. The van der Waals surface area contributed by atoms with Crippen molar-refractivity contribution in [2.24, 2.45) is 0 Å². The van der Waals surface area contributed by atoms with Crippen LogP contribution in [0.5, 0.6) is 0 Å². The summed E-state index contributed by atoms with van der Waals surface area (Å²) >= 11 is 0. The zero-order chi connectivity index (χ0) is 16.4. The van der Waals surface area contributed by atoms with Gasteiger partial charge < -0.3 is 20.6 Å². The highest BCUT2D eigenvalue weighted by Crippen LogP contribution is 2.40. The molecule has 9 nitrogen and oxygen atoms in total. The Bertz CT molecular complexity index is 636. The summed E-state index contributed by atoms with van der Waals surface area (Å²) in [5.74, 6) is 0. The zero-order valence-corrected chi connectivity index (χ0v) is 12.6. The predicted molar refractivity (Wildman–Crippen MR) is 84.1 cm³/mol. The number of amides is 1. The molecule has 1 aromatic heterocycles. The molecule has 124 valence electrons. The number of carbonyl (C=O) groups is 1. The molecule has 2 aliphatic rings. The lowest BCUT2D eigenvalue weighted by Gasteiger charge is -2.35. The van der Waals surface area contributed by atoms with Gasteiger partial charge in [-0.15, -0.1) is 0 Å². The van der Waals surface area contributed by atoms with E-state index in [4.69, 9.17) is 5.11 Å². The fourth-order valence-electron chi connectivity index (χ4n) is 3.30. The third-order valence-electron chi connectivity index (χ3n) is 4.26. The van der Waals surface area contributed by atoms with Gasteiger partial charge in [-0.1, -0.05) is 0 Å². The molecule has 3 rings (SSSR count). The summed E-state index contributed by atoms with van der Waals surface area (Å²) in [6, 6.07) is -0.228. The summed E-state index contributed by atoms with van der Waals surface area (Å²) in [4.78, 5) is 28.0. The summed E-state index contributed by atoms with van der Waals surface area (Å²) in [5.41, 5.74) is 2.07. The minimum Gasteiger partial charge on any atom is -0.465 e. The van der Waals surface area contributed by atoms with Crippen LogP contribution in [0.25, 0.3) is 0 Å². The van der Waals surface area contributed by atoms with Crippen LogP contribution in [0.2, 0.25) is 0 Å². The predicted octanol–water partition coefficient (Wildman–Crippen LogP) is 1.58. The summed E-state index contributed by atoms with van der Waals surface area (Å²) < 4.78 is 0. The van der Waals surface area contributed by atoms with Crippen LogP contribution in [0.15, 0.2) is 6.20 Å². The summed E-state index contributed by atoms with van der Waals surface area (Å²) in [6.07, 6.45) is 3.49. The van der Waals surface area contributed by atoms with Crippen molar-refractivity contribution in [3.8, 4) is 0 Å². The fraction of sp³-hybridized carbons (Fsp3) is 0.571. The van der Waals surface area contributed by atoms with E-state index in [-0.39, 0.29) is 11.7 Å². The molecule has 1 atom stereocenters. The van der Waals surface area contributed by atoms with Gasteiger partial charge in [0.1, 0.15) is 11.9 Å². The quantitative estimate of drug-likeness (QED) is 0.571. The largest absolute Gasteiger partial charge is 0.465 e. The molecule has 23 heavy (non-hydrogen) atoms. The Labute approximate surface area is 132 Å². The van der Waals surface area contributed by atoms with Gasteiger partial charge in [0, 0.05) is 25.7 Å². The molecule has 9 heteroatoms. The van der Waals surface area contributed by atoms with E-state index in [1.165, 1.54) is 6.20 Å². The van der Waals surface area contributed by atoms with Crippen molar-refractivity contribution in [3.05, 3.63) is 22.0 Å². The third-order valence-corrected chi connectivity index (χ3v) is 4.26. The van der Waals surface area contributed by atoms with Crippen molar-refractivity contribution in [3.63, 3.8) is 0 Å². The average molecular weight is 321 g/mol. The molecule has 0 spiro atoms. The van der Waals surface area contributed by atoms with Crippen LogP contribution in [0.1, 0.15) is 25.0 Å². The lowest BCUT2D eigenvalue weighted by atomic mass is 10.0. The smallest absolute Gasteiger partial charge is 0.404 e. The maximum absolute atomic E-state index is 11.4. The molecule has 3 N–H and O–H groups in total. The number of piperidine rings is 1. The Morgan fingerprint density at radius 3 is 3.09 bits per heavy atom. The third kappa shape index (κ3) is 3.13. The van der Waals surface area contributed by atoms with Crippen LogP contribution >= 0.6 is 0 Å². The fourth-order valence-corrected chi connectivity index (χ4v) is 3.30. The molecular formula is C14H19N5O4. The van der Waals surface area contributed by atoms with Gasteiger partial charge >= 0.3 is 11.8 Å². The highest BCUT2D eigenvalue weighted by atomic mass is 16.6. The second kappa shape index (κ2) is 6.27. The summed E-state index contributed by atoms with van der Waals surface area (Å²) in [7, 11) is 0. The molecule has 0 saturated carbocycles. The second-order valence-electron chi connectivity index (χ2n) is 5.84. The van der Waals surface area contributed by atoms with Gasteiger partial charge in [-0.25, -0.2) is 4.79 Å². The standard InChI is InChI=1S/C14H19N5O4/c20-14(21)17-9-3-2-6-18(8-9)13-11(19(22)23)7-16-10-4-1-5-15-12(10)13/h7,9,15,17H,1-6,8H2,(H,20,21). The number of anilines is 2. The maximum Gasteiger partial charge on any atom is 0.404 e. The first-order valence-electron chi connectivity index (χ1n) is 7.71.